The number of hydrogen-bond donors (Lipinski definition) is 2. The first-order valence-electron chi connectivity index (χ1n) is 11.1. The predicted octanol–water partition coefficient (Wildman–Crippen LogP) is 3.48. The van der Waals surface area contributed by atoms with Gasteiger partial charge in [-0.3, -0.25) is 0 Å². The number of aromatic nitrogens is 2. The quantitative estimate of drug-likeness (QED) is 0.636. The summed E-state index contributed by atoms with van der Waals surface area (Å²) in [5, 5.41) is 18.4. The van der Waals surface area contributed by atoms with Crippen LogP contribution in [0.2, 0.25) is 0 Å². The van der Waals surface area contributed by atoms with Gasteiger partial charge in [-0.1, -0.05) is 12.1 Å². The second-order valence-corrected chi connectivity index (χ2v) is 9.49. The van der Waals surface area contributed by atoms with E-state index in [2.05, 4.69) is 16.5 Å². The molecule has 1 saturated heterocycles. The molecule has 0 saturated carbocycles. The molecule has 0 spiro atoms. The van der Waals surface area contributed by atoms with E-state index in [1.54, 1.807) is 4.90 Å². The van der Waals surface area contributed by atoms with Crippen molar-refractivity contribution < 1.29 is 19.4 Å². The van der Waals surface area contributed by atoms with Gasteiger partial charge in [0.2, 0.25) is 0 Å². The molecule has 1 aromatic heterocycles. The summed E-state index contributed by atoms with van der Waals surface area (Å²) in [6.07, 6.45) is 0.0192. The van der Waals surface area contributed by atoms with Gasteiger partial charge >= 0.3 is 6.09 Å². The van der Waals surface area contributed by atoms with Crippen molar-refractivity contribution in [1.29, 1.82) is 0 Å². The van der Waals surface area contributed by atoms with E-state index in [4.69, 9.17) is 9.47 Å². The zero-order chi connectivity index (χ0) is 23.5. The number of aliphatic hydroxyl groups excluding tert-OH is 1. The minimum absolute atomic E-state index is 0.0916. The zero-order valence-corrected chi connectivity index (χ0v) is 20.0. The molecular weight excluding hydrogens is 408 g/mol. The third-order valence-corrected chi connectivity index (χ3v) is 5.51. The molecule has 2 N–H and O–H groups in total. The summed E-state index contributed by atoms with van der Waals surface area (Å²) in [6.45, 7) is 10.8. The van der Waals surface area contributed by atoms with E-state index < -0.39 is 11.9 Å². The number of aliphatic hydroxyl groups is 1. The van der Waals surface area contributed by atoms with Gasteiger partial charge in [0.1, 0.15) is 5.60 Å². The number of likely N-dealkylation sites (tertiary alicyclic amines) is 1. The number of methoxy groups -OCH3 is 1. The lowest BCUT2D eigenvalue weighted by Gasteiger charge is -2.27. The Labute approximate surface area is 190 Å². The summed E-state index contributed by atoms with van der Waals surface area (Å²) in [5.74, 6) is 0. The molecule has 3 atom stereocenters. The van der Waals surface area contributed by atoms with Crippen molar-refractivity contribution in [3.8, 4) is 5.69 Å². The standard InChI is InChI=1S/C24H36N4O4/c1-16-12-17(2)28(26-16)20-9-7-8-18(13-20)21(14-22(29)31-6)25-19-10-11-27(15-19)23(30)32-24(3,4)5/h7-9,12-13,19,21-22,25,29H,10-11,14-15H2,1-6H3/t19-,21-,22-/m0/s1. The smallest absolute Gasteiger partial charge is 0.410 e. The zero-order valence-electron chi connectivity index (χ0n) is 20.0. The van der Waals surface area contributed by atoms with Gasteiger partial charge in [-0.2, -0.15) is 5.10 Å². The van der Waals surface area contributed by atoms with Crippen LogP contribution >= 0.6 is 0 Å². The van der Waals surface area contributed by atoms with Gasteiger partial charge in [0.25, 0.3) is 0 Å². The van der Waals surface area contributed by atoms with Crippen molar-refractivity contribution in [3.05, 3.63) is 47.3 Å². The van der Waals surface area contributed by atoms with Crippen molar-refractivity contribution in [2.45, 2.75) is 71.4 Å². The van der Waals surface area contributed by atoms with Crippen LogP contribution in [-0.2, 0) is 9.47 Å². The average Bonchev–Trinajstić information content (AvgIpc) is 3.32. The maximum atomic E-state index is 12.4. The second-order valence-electron chi connectivity index (χ2n) is 9.49. The summed E-state index contributed by atoms with van der Waals surface area (Å²) < 4.78 is 12.6. The second kappa shape index (κ2) is 10.0. The number of benzene rings is 1. The lowest BCUT2D eigenvalue weighted by molar-refractivity contribution is -0.0842. The molecule has 1 fully saturated rings. The number of nitrogens with one attached hydrogen (secondary N) is 1. The van der Waals surface area contributed by atoms with Crippen LogP contribution in [0, 0.1) is 13.8 Å². The number of carbonyl (C=O) groups is 1. The third kappa shape index (κ3) is 6.31. The lowest BCUT2D eigenvalue weighted by atomic mass is 10.0. The Kier molecular flexibility index (Phi) is 7.59. The molecule has 0 bridgehead atoms. The van der Waals surface area contributed by atoms with Gasteiger partial charge in [0.05, 0.1) is 11.4 Å². The Balaban J connectivity index is 1.76. The summed E-state index contributed by atoms with van der Waals surface area (Å²) in [4.78, 5) is 14.2. The number of hydrogen-bond acceptors (Lipinski definition) is 6. The highest BCUT2D eigenvalue weighted by Crippen LogP contribution is 2.25. The van der Waals surface area contributed by atoms with Crippen LogP contribution in [-0.4, -0.2) is 64.0 Å². The monoisotopic (exact) mass is 444 g/mol. The molecule has 32 heavy (non-hydrogen) atoms. The Bertz CT molecular complexity index is 921. The van der Waals surface area contributed by atoms with Crippen LogP contribution < -0.4 is 5.32 Å². The van der Waals surface area contributed by atoms with Gasteiger partial charge in [-0.25, -0.2) is 9.48 Å². The fraction of sp³-hybridized carbons (Fsp3) is 0.583. The highest BCUT2D eigenvalue weighted by atomic mass is 16.6. The van der Waals surface area contributed by atoms with E-state index in [0.29, 0.717) is 19.5 Å². The van der Waals surface area contributed by atoms with E-state index in [0.717, 1.165) is 29.1 Å². The van der Waals surface area contributed by atoms with Crippen molar-refractivity contribution in [1.82, 2.24) is 20.0 Å². The van der Waals surface area contributed by atoms with Crippen LogP contribution in [0.5, 0.6) is 0 Å². The van der Waals surface area contributed by atoms with Crippen molar-refractivity contribution >= 4 is 6.09 Å². The maximum Gasteiger partial charge on any atom is 0.410 e. The summed E-state index contributed by atoms with van der Waals surface area (Å²) in [7, 11) is 1.49. The molecule has 1 aromatic carbocycles. The van der Waals surface area contributed by atoms with Crippen LogP contribution in [0.4, 0.5) is 4.79 Å². The topological polar surface area (TPSA) is 88.9 Å². The molecule has 3 rings (SSSR count). The number of nitrogens with zero attached hydrogens (tertiary/aromatic N) is 3. The molecule has 0 radical (unpaired) electrons. The van der Waals surface area contributed by atoms with E-state index >= 15 is 0 Å². The normalized spacial score (nSPS) is 18.6. The Morgan fingerprint density at radius 3 is 2.69 bits per heavy atom. The van der Waals surface area contributed by atoms with E-state index in [-0.39, 0.29) is 18.2 Å². The molecule has 8 nitrogen and oxygen atoms in total. The molecule has 8 heteroatoms. The minimum atomic E-state index is -0.895. The molecule has 1 aliphatic heterocycles. The summed E-state index contributed by atoms with van der Waals surface area (Å²) in [5.41, 5.74) is 3.50. The first-order valence-corrected chi connectivity index (χ1v) is 11.1. The number of ether oxygens (including phenoxy) is 2. The number of amides is 1. The van der Waals surface area contributed by atoms with Crippen molar-refractivity contribution in [2.24, 2.45) is 0 Å². The van der Waals surface area contributed by atoms with Gasteiger partial charge in [-0.05, 0) is 64.8 Å². The summed E-state index contributed by atoms with van der Waals surface area (Å²) >= 11 is 0. The average molecular weight is 445 g/mol. The molecule has 2 aromatic rings. The van der Waals surface area contributed by atoms with Gasteiger partial charge in [0.15, 0.2) is 6.29 Å². The maximum absolute atomic E-state index is 12.4. The van der Waals surface area contributed by atoms with Crippen LogP contribution in [0.25, 0.3) is 5.69 Å². The van der Waals surface area contributed by atoms with Gasteiger partial charge in [0, 0.05) is 44.4 Å². The van der Waals surface area contributed by atoms with Crippen molar-refractivity contribution in [3.63, 3.8) is 0 Å². The lowest BCUT2D eigenvalue weighted by Crippen LogP contribution is -2.40. The third-order valence-electron chi connectivity index (χ3n) is 5.51. The Morgan fingerprint density at radius 1 is 1.31 bits per heavy atom. The first-order chi connectivity index (χ1) is 15.1. The van der Waals surface area contributed by atoms with Gasteiger partial charge in [-0.15, -0.1) is 0 Å². The highest BCUT2D eigenvalue weighted by molar-refractivity contribution is 5.68. The fourth-order valence-electron chi connectivity index (χ4n) is 4.03. The molecule has 1 aliphatic rings. The van der Waals surface area contributed by atoms with E-state index in [1.165, 1.54) is 7.11 Å². The minimum Gasteiger partial charge on any atom is -0.444 e. The predicted molar refractivity (Wildman–Crippen MR) is 123 cm³/mol. The molecule has 2 heterocycles. The Morgan fingerprint density at radius 2 is 2.06 bits per heavy atom. The van der Waals surface area contributed by atoms with Crippen LogP contribution in [0.1, 0.15) is 56.6 Å². The largest absolute Gasteiger partial charge is 0.444 e. The first kappa shape index (κ1) is 24.2. The SMILES string of the molecule is CO[C@H](O)C[C@H](N[C@H]1CCN(C(=O)OC(C)(C)C)C1)c1cccc(-n2nc(C)cc2C)c1. The van der Waals surface area contributed by atoms with Gasteiger partial charge < -0.3 is 24.8 Å². The number of rotatable bonds is 7. The molecule has 0 aliphatic carbocycles. The molecule has 0 unspecified atom stereocenters. The Hall–Kier alpha value is -2.42. The number of aryl methyl sites for hydroxylation is 2. The van der Waals surface area contributed by atoms with Crippen molar-refractivity contribution in [2.75, 3.05) is 20.2 Å². The van der Waals surface area contributed by atoms with Crippen LogP contribution in [0.15, 0.2) is 30.3 Å². The van der Waals surface area contributed by atoms with E-state index in [9.17, 15) is 9.90 Å². The molecular formula is C24H36N4O4. The van der Waals surface area contributed by atoms with Crippen LogP contribution in [0.3, 0.4) is 0 Å². The van der Waals surface area contributed by atoms with E-state index in [1.807, 2.05) is 63.6 Å². The number of carbonyl (C=O) groups excluding carboxylic acids is 1. The highest BCUT2D eigenvalue weighted by Gasteiger charge is 2.31. The summed E-state index contributed by atoms with van der Waals surface area (Å²) in [6, 6.07) is 10.1. The molecule has 176 valence electrons. The fourth-order valence-corrected chi connectivity index (χ4v) is 4.03. The molecule has 1 amide bonds.